The molecule has 1 N–H and O–H groups in total. The molecule has 0 fully saturated rings. The van der Waals surface area contributed by atoms with Gasteiger partial charge in [-0.3, -0.25) is 0 Å². The smallest absolute Gasteiger partial charge is 0.244 e. The van der Waals surface area contributed by atoms with Crippen LogP contribution >= 0.6 is 0 Å². The molecule has 21 heavy (non-hydrogen) atoms. The van der Waals surface area contributed by atoms with Gasteiger partial charge in [0.05, 0.1) is 10.6 Å². The third-order valence-electron chi connectivity index (χ3n) is 3.08. The lowest BCUT2D eigenvalue weighted by atomic mass is 10.3. The summed E-state index contributed by atoms with van der Waals surface area (Å²) >= 11 is 0. The van der Waals surface area contributed by atoms with Crippen LogP contribution in [0.1, 0.15) is 20.3 Å². The van der Waals surface area contributed by atoms with E-state index in [-0.39, 0.29) is 9.79 Å². The maximum Gasteiger partial charge on any atom is 0.244 e. The molecule has 1 aromatic rings. The molecule has 0 unspecified atom stereocenters. The predicted octanol–water partition coefficient (Wildman–Crippen LogP) is 1.55. The number of benzene rings is 1. The Morgan fingerprint density at radius 2 is 1.76 bits per heavy atom. The minimum Gasteiger partial charge on any atom is -0.384 e. The summed E-state index contributed by atoms with van der Waals surface area (Å²) in [4.78, 5) is -0.0177. The van der Waals surface area contributed by atoms with Gasteiger partial charge in [0.2, 0.25) is 10.0 Å². The molecule has 8 heteroatoms. The first-order valence-electron chi connectivity index (χ1n) is 6.68. The molecule has 1 rings (SSSR count). The molecule has 0 saturated carbocycles. The molecular weight excluding hydrogens is 312 g/mol. The first-order chi connectivity index (χ1) is 9.64. The Balaban J connectivity index is 3.50. The van der Waals surface area contributed by atoms with Crippen molar-refractivity contribution in [2.24, 2.45) is 0 Å². The van der Waals surface area contributed by atoms with Crippen molar-refractivity contribution in [1.29, 1.82) is 0 Å². The molecule has 0 saturated heterocycles. The fraction of sp³-hybridized carbons (Fsp3) is 0.538. The lowest BCUT2D eigenvalue weighted by Crippen LogP contribution is -2.27. The van der Waals surface area contributed by atoms with Gasteiger partial charge in [-0.1, -0.05) is 13.8 Å². The molecule has 0 bridgehead atoms. The Morgan fingerprint density at radius 3 is 2.24 bits per heavy atom. The first-order valence-corrected chi connectivity index (χ1v) is 10.0. The molecule has 0 radical (unpaired) electrons. The molecule has 0 atom stereocenters. The highest BCUT2D eigenvalue weighted by Gasteiger charge is 2.24. The molecule has 0 spiro atoms. The highest BCUT2D eigenvalue weighted by molar-refractivity contribution is 7.91. The van der Waals surface area contributed by atoms with E-state index >= 15 is 0 Å². The van der Waals surface area contributed by atoms with Gasteiger partial charge in [-0.25, -0.2) is 21.1 Å². The van der Waals surface area contributed by atoms with E-state index in [1.165, 1.54) is 29.6 Å². The monoisotopic (exact) mass is 334 g/mol. The van der Waals surface area contributed by atoms with E-state index in [4.69, 9.17) is 0 Å². The number of sulfonamides is 1. The van der Waals surface area contributed by atoms with Gasteiger partial charge >= 0.3 is 0 Å². The summed E-state index contributed by atoms with van der Waals surface area (Å²) in [6.07, 6.45) is 1.89. The maximum atomic E-state index is 12.5. The number of hydrogen-bond acceptors (Lipinski definition) is 5. The van der Waals surface area contributed by atoms with Crippen LogP contribution in [0.25, 0.3) is 0 Å². The average Bonchev–Trinajstić information content (AvgIpc) is 2.42. The lowest BCUT2D eigenvalue weighted by Gasteiger charge is -2.19. The van der Waals surface area contributed by atoms with Crippen LogP contribution in [-0.2, 0) is 19.9 Å². The summed E-state index contributed by atoms with van der Waals surface area (Å²) < 4.78 is 49.5. The fourth-order valence-electron chi connectivity index (χ4n) is 1.69. The third-order valence-corrected chi connectivity index (χ3v) is 6.16. The molecule has 6 nitrogen and oxygen atoms in total. The highest BCUT2D eigenvalue weighted by Crippen LogP contribution is 2.27. The topological polar surface area (TPSA) is 83.5 Å². The van der Waals surface area contributed by atoms with Crippen LogP contribution < -0.4 is 5.32 Å². The van der Waals surface area contributed by atoms with Gasteiger partial charge in [0, 0.05) is 26.4 Å². The van der Waals surface area contributed by atoms with Crippen molar-refractivity contribution < 1.29 is 16.8 Å². The quantitative estimate of drug-likeness (QED) is 0.818. The number of hydrogen-bond donors (Lipinski definition) is 1. The van der Waals surface area contributed by atoms with Crippen molar-refractivity contribution in [3.8, 4) is 0 Å². The summed E-state index contributed by atoms with van der Waals surface area (Å²) in [6.45, 7) is 4.59. The zero-order valence-corrected chi connectivity index (χ0v) is 14.4. The zero-order chi connectivity index (χ0) is 16.3. The molecule has 0 aromatic heterocycles. The van der Waals surface area contributed by atoms with Crippen LogP contribution in [-0.4, -0.2) is 47.5 Å². The first kappa shape index (κ1) is 17.9. The van der Waals surface area contributed by atoms with E-state index in [0.717, 1.165) is 12.7 Å². The fourth-order valence-corrected chi connectivity index (χ4v) is 3.78. The summed E-state index contributed by atoms with van der Waals surface area (Å²) in [5.74, 6) is 0. The summed E-state index contributed by atoms with van der Waals surface area (Å²) in [6, 6.07) is 4.13. The minimum atomic E-state index is -3.73. The van der Waals surface area contributed by atoms with E-state index < -0.39 is 19.9 Å². The Kier molecular flexibility index (Phi) is 5.77. The van der Waals surface area contributed by atoms with Gasteiger partial charge in [0.15, 0.2) is 9.84 Å². The second kappa shape index (κ2) is 6.76. The van der Waals surface area contributed by atoms with Crippen LogP contribution in [0.5, 0.6) is 0 Å². The molecule has 0 amide bonds. The molecule has 0 aliphatic carbocycles. The van der Waals surface area contributed by atoms with E-state index in [2.05, 4.69) is 5.32 Å². The number of sulfone groups is 1. The molecule has 0 heterocycles. The van der Waals surface area contributed by atoms with Gasteiger partial charge in [0.25, 0.3) is 0 Å². The summed E-state index contributed by atoms with van der Waals surface area (Å²) in [5.41, 5.74) is 0.421. The summed E-state index contributed by atoms with van der Waals surface area (Å²) in [5, 5.41) is 3.03. The van der Waals surface area contributed by atoms with Crippen molar-refractivity contribution in [2.75, 3.05) is 31.7 Å². The minimum absolute atomic E-state index is 0.00683. The van der Waals surface area contributed by atoms with Gasteiger partial charge in [-0.05, 0) is 24.6 Å². The van der Waals surface area contributed by atoms with Crippen molar-refractivity contribution in [1.82, 2.24) is 4.31 Å². The van der Waals surface area contributed by atoms with E-state index in [1.54, 1.807) is 6.92 Å². The highest BCUT2D eigenvalue weighted by atomic mass is 32.2. The van der Waals surface area contributed by atoms with Crippen molar-refractivity contribution in [2.45, 2.75) is 30.1 Å². The third kappa shape index (κ3) is 4.18. The largest absolute Gasteiger partial charge is 0.384 e. The molecular formula is C13H22N2O4S2. The van der Waals surface area contributed by atoms with Gasteiger partial charge < -0.3 is 5.32 Å². The van der Waals surface area contributed by atoms with Crippen LogP contribution in [0.2, 0.25) is 0 Å². The van der Waals surface area contributed by atoms with E-state index in [0.29, 0.717) is 18.8 Å². The Labute approximate surface area is 127 Å². The second-order valence-electron chi connectivity index (χ2n) is 4.78. The van der Waals surface area contributed by atoms with Gasteiger partial charge in [0.1, 0.15) is 4.90 Å². The van der Waals surface area contributed by atoms with Gasteiger partial charge in [-0.15, -0.1) is 0 Å². The Morgan fingerprint density at radius 1 is 1.14 bits per heavy atom. The molecule has 0 aliphatic heterocycles. The Hall–Kier alpha value is -1.12. The number of nitrogens with zero attached hydrogens (tertiary/aromatic N) is 1. The standard InChI is InChI=1S/C13H22N2O4S2/c1-5-9-14-12-8-7-11(20(4,16)17)10-13(12)21(18,19)15(3)6-2/h7-8,10,14H,5-6,9H2,1-4H3. The normalized spacial score (nSPS) is 12.6. The van der Waals surface area contributed by atoms with E-state index in [9.17, 15) is 16.8 Å². The zero-order valence-electron chi connectivity index (χ0n) is 12.8. The number of anilines is 1. The molecule has 1 aromatic carbocycles. The van der Waals surface area contributed by atoms with Crippen LogP contribution in [0.3, 0.4) is 0 Å². The lowest BCUT2D eigenvalue weighted by molar-refractivity contribution is 0.486. The van der Waals surface area contributed by atoms with E-state index in [1.807, 2.05) is 6.92 Å². The maximum absolute atomic E-state index is 12.5. The second-order valence-corrected chi connectivity index (χ2v) is 8.81. The average molecular weight is 334 g/mol. The molecule has 0 aliphatic rings. The van der Waals surface area contributed by atoms with Crippen molar-refractivity contribution in [3.05, 3.63) is 18.2 Å². The van der Waals surface area contributed by atoms with Crippen LogP contribution in [0.15, 0.2) is 28.0 Å². The molecule has 120 valence electrons. The predicted molar refractivity (Wildman–Crippen MR) is 83.8 cm³/mol. The number of nitrogens with one attached hydrogen (secondary N) is 1. The SMILES string of the molecule is CCCNc1ccc(S(C)(=O)=O)cc1S(=O)(=O)N(C)CC. The summed E-state index contributed by atoms with van der Waals surface area (Å²) in [7, 11) is -5.73. The van der Waals surface area contributed by atoms with Gasteiger partial charge in [-0.2, -0.15) is 0 Å². The van der Waals surface area contributed by atoms with Crippen LogP contribution in [0, 0.1) is 0 Å². The van der Waals surface area contributed by atoms with Crippen LogP contribution in [0.4, 0.5) is 5.69 Å². The van der Waals surface area contributed by atoms with Crippen molar-refractivity contribution in [3.63, 3.8) is 0 Å². The Bertz CT molecular complexity index is 697. The van der Waals surface area contributed by atoms with Crippen molar-refractivity contribution >= 4 is 25.5 Å². The number of rotatable bonds is 7.